The van der Waals surface area contributed by atoms with Crippen LogP contribution in [0, 0.1) is 5.82 Å². The molecule has 1 spiro atoms. The third-order valence-electron chi connectivity index (χ3n) is 7.15. The summed E-state index contributed by atoms with van der Waals surface area (Å²) in [4.78, 5) is 4.31. The van der Waals surface area contributed by atoms with Crippen LogP contribution in [0.2, 0.25) is 10.0 Å². The molecule has 1 aliphatic carbocycles. The summed E-state index contributed by atoms with van der Waals surface area (Å²) >= 11 is 12.4. The maximum absolute atomic E-state index is 14.0. The van der Waals surface area contributed by atoms with E-state index >= 15 is 0 Å². The summed E-state index contributed by atoms with van der Waals surface area (Å²) in [7, 11) is 0. The molecule has 3 aromatic rings. The second kappa shape index (κ2) is 9.36. The molecule has 0 radical (unpaired) electrons. The number of piperidine rings is 1. The van der Waals surface area contributed by atoms with Gasteiger partial charge in [0.2, 0.25) is 0 Å². The van der Waals surface area contributed by atoms with Crippen LogP contribution in [0.15, 0.2) is 36.8 Å². The number of hydrogen-bond donors (Lipinski definition) is 2. The number of halogens is 3. The van der Waals surface area contributed by atoms with Crippen molar-refractivity contribution in [3.8, 4) is 16.9 Å². The molecule has 2 fully saturated rings. The normalized spacial score (nSPS) is 20.5. The van der Waals surface area contributed by atoms with E-state index in [0.29, 0.717) is 22.4 Å². The number of benzene rings is 1. The van der Waals surface area contributed by atoms with E-state index in [1.807, 2.05) is 12.3 Å². The summed E-state index contributed by atoms with van der Waals surface area (Å²) in [6.45, 7) is 2.76. The van der Waals surface area contributed by atoms with Crippen molar-refractivity contribution in [3.05, 3.63) is 58.2 Å². The lowest BCUT2D eigenvalue weighted by Crippen LogP contribution is -2.49. The van der Waals surface area contributed by atoms with E-state index in [-0.39, 0.29) is 16.4 Å². The fraction of sp³-hybridized carbons (Fsp3) is 0.440. The van der Waals surface area contributed by atoms with Crippen molar-refractivity contribution < 1.29 is 9.13 Å². The molecule has 180 valence electrons. The smallest absolute Gasteiger partial charge is 0.166 e. The molecule has 6 nitrogen and oxygen atoms in total. The summed E-state index contributed by atoms with van der Waals surface area (Å²) in [5.41, 5.74) is 8.50. The van der Waals surface area contributed by atoms with Crippen LogP contribution < -0.4 is 15.8 Å². The number of aromatic nitrogens is 3. The Labute approximate surface area is 208 Å². The van der Waals surface area contributed by atoms with Gasteiger partial charge in [-0.15, -0.1) is 0 Å². The van der Waals surface area contributed by atoms with Gasteiger partial charge in [0.15, 0.2) is 11.6 Å². The molecule has 2 unspecified atom stereocenters. The molecule has 2 aromatic heterocycles. The summed E-state index contributed by atoms with van der Waals surface area (Å²) in [6, 6.07) is 4.89. The summed E-state index contributed by atoms with van der Waals surface area (Å²) in [5, 5.41) is 8.70. The van der Waals surface area contributed by atoms with Gasteiger partial charge in [-0.2, -0.15) is 5.10 Å². The van der Waals surface area contributed by atoms with Gasteiger partial charge in [0.1, 0.15) is 11.9 Å². The van der Waals surface area contributed by atoms with Crippen molar-refractivity contribution in [2.45, 2.75) is 63.1 Å². The lowest BCUT2D eigenvalue weighted by atomic mass is 9.84. The van der Waals surface area contributed by atoms with E-state index in [0.717, 1.165) is 30.5 Å². The predicted octanol–water partition coefficient (Wildman–Crippen LogP) is 6.35. The van der Waals surface area contributed by atoms with Gasteiger partial charge >= 0.3 is 0 Å². The molecule has 1 saturated heterocycles. The Morgan fingerprint density at radius 3 is 2.82 bits per heavy atom. The number of hydrogen-bond acceptors (Lipinski definition) is 5. The molecule has 34 heavy (non-hydrogen) atoms. The molecule has 9 heteroatoms. The van der Waals surface area contributed by atoms with Crippen LogP contribution in [-0.2, 0) is 0 Å². The molecule has 2 aliphatic rings. The van der Waals surface area contributed by atoms with Crippen molar-refractivity contribution in [2.75, 3.05) is 12.3 Å². The summed E-state index contributed by atoms with van der Waals surface area (Å²) in [5.74, 6) is 0.0511. The standard InChI is InChI=1S/C25H28Cl2FN5O/c1-15(22-19(26)4-5-20(28)23(22)27)34-21-10-16(12-30-24(21)29)17-13-32-33(14-17)18-6-9-31-25(11-18)7-2-3-8-25/h4-5,10,12-15,18,31H,2-3,6-9,11H2,1H3,(H2,29,30). The molecule has 2 atom stereocenters. The Balaban J connectivity index is 1.36. The van der Waals surface area contributed by atoms with Crippen LogP contribution in [0.3, 0.4) is 0 Å². The molecular formula is C25H28Cl2FN5O. The summed E-state index contributed by atoms with van der Waals surface area (Å²) < 4.78 is 22.1. The Morgan fingerprint density at radius 2 is 2.03 bits per heavy atom. The van der Waals surface area contributed by atoms with E-state index in [4.69, 9.17) is 33.7 Å². The second-order valence-corrected chi connectivity index (χ2v) is 10.2. The number of ether oxygens (including phenoxy) is 1. The highest BCUT2D eigenvalue weighted by atomic mass is 35.5. The SMILES string of the molecule is CC(Oc1cc(-c2cnn(C3CCNC4(CCCC4)C3)c2)cnc1N)c1c(Cl)ccc(F)c1Cl. The van der Waals surface area contributed by atoms with Crippen molar-refractivity contribution in [1.82, 2.24) is 20.1 Å². The zero-order valence-electron chi connectivity index (χ0n) is 19.0. The minimum absolute atomic E-state index is 0.0639. The molecule has 1 aromatic carbocycles. The highest BCUT2D eigenvalue weighted by Gasteiger charge is 2.39. The first-order valence-corrected chi connectivity index (χ1v) is 12.5. The van der Waals surface area contributed by atoms with Crippen LogP contribution in [0.4, 0.5) is 10.2 Å². The van der Waals surface area contributed by atoms with Crippen LogP contribution in [0.5, 0.6) is 5.75 Å². The quantitative estimate of drug-likeness (QED) is 0.396. The van der Waals surface area contributed by atoms with Gasteiger partial charge in [-0.3, -0.25) is 4.68 Å². The van der Waals surface area contributed by atoms with E-state index < -0.39 is 11.9 Å². The molecule has 1 aliphatic heterocycles. The van der Waals surface area contributed by atoms with Gasteiger partial charge in [-0.1, -0.05) is 36.0 Å². The average Bonchev–Trinajstić information content (AvgIpc) is 3.48. The highest BCUT2D eigenvalue weighted by molar-refractivity contribution is 6.36. The number of nitrogens with zero attached hydrogens (tertiary/aromatic N) is 3. The van der Waals surface area contributed by atoms with Gasteiger partial charge in [0, 0.05) is 39.6 Å². The van der Waals surface area contributed by atoms with Gasteiger partial charge in [0.25, 0.3) is 0 Å². The molecule has 0 bridgehead atoms. The lowest BCUT2D eigenvalue weighted by molar-refractivity contribution is 0.192. The van der Waals surface area contributed by atoms with E-state index in [1.165, 1.54) is 37.8 Å². The van der Waals surface area contributed by atoms with E-state index in [2.05, 4.69) is 26.3 Å². The van der Waals surface area contributed by atoms with Crippen molar-refractivity contribution >= 4 is 29.0 Å². The maximum atomic E-state index is 14.0. The highest BCUT2D eigenvalue weighted by Crippen LogP contribution is 2.41. The molecule has 5 rings (SSSR count). The number of pyridine rings is 1. The van der Waals surface area contributed by atoms with Crippen LogP contribution in [0.25, 0.3) is 11.1 Å². The largest absolute Gasteiger partial charge is 0.482 e. The van der Waals surface area contributed by atoms with Gasteiger partial charge in [0.05, 0.1) is 17.3 Å². The van der Waals surface area contributed by atoms with Crippen molar-refractivity contribution in [2.24, 2.45) is 0 Å². The van der Waals surface area contributed by atoms with Crippen molar-refractivity contribution in [1.29, 1.82) is 0 Å². The Hall–Kier alpha value is -2.35. The fourth-order valence-electron chi connectivity index (χ4n) is 5.35. The fourth-order valence-corrected chi connectivity index (χ4v) is 6.02. The first-order chi connectivity index (χ1) is 16.3. The Kier molecular flexibility index (Phi) is 6.44. The molecular weight excluding hydrogens is 476 g/mol. The van der Waals surface area contributed by atoms with Gasteiger partial charge in [-0.25, -0.2) is 9.37 Å². The topological polar surface area (TPSA) is 78.0 Å². The minimum Gasteiger partial charge on any atom is -0.482 e. The molecule has 3 N–H and O–H groups in total. The first-order valence-electron chi connectivity index (χ1n) is 11.7. The van der Waals surface area contributed by atoms with E-state index in [1.54, 1.807) is 13.1 Å². The van der Waals surface area contributed by atoms with E-state index in [9.17, 15) is 4.39 Å². The zero-order chi connectivity index (χ0) is 23.9. The monoisotopic (exact) mass is 503 g/mol. The summed E-state index contributed by atoms with van der Waals surface area (Å²) in [6.07, 6.45) is 12.3. The van der Waals surface area contributed by atoms with Crippen molar-refractivity contribution in [3.63, 3.8) is 0 Å². The van der Waals surface area contributed by atoms with Gasteiger partial charge < -0.3 is 15.8 Å². The number of nitrogens with two attached hydrogens (primary N) is 1. The van der Waals surface area contributed by atoms with Crippen LogP contribution >= 0.6 is 23.2 Å². The third kappa shape index (κ3) is 4.49. The number of anilines is 1. The first kappa shape index (κ1) is 23.4. The van der Waals surface area contributed by atoms with Crippen LogP contribution in [0.1, 0.15) is 63.2 Å². The molecule has 0 amide bonds. The zero-order valence-corrected chi connectivity index (χ0v) is 20.5. The lowest BCUT2D eigenvalue weighted by Gasteiger charge is -2.39. The molecule has 1 saturated carbocycles. The Morgan fingerprint density at radius 1 is 1.24 bits per heavy atom. The van der Waals surface area contributed by atoms with Crippen LogP contribution in [-0.4, -0.2) is 26.8 Å². The second-order valence-electron chi connectivity index (χ2n) is 9.39. The minimum atomic E-state index is -0.630. The number of rotatable bonds is 5. The Bertz CT molecular complexity index is 1190. The van der Waals surface area contributed by atoms with Gasteiger partial charge in [-0.05, 0) is 57.4 Å². The maximum Gasteiger partial charge on any atom is 0.166 e. The predicted molar refractivity (Wildman–Crippen MR) is 133 cm³/mol. The molecule has 3 heterocycles. The number of nitrogens with one attached hydrogen (secondary N) is 1. The number of nitrogen functional groups attached to an aromatic ring is 1. The average molecular weight is 504 g/mol. The third-order valence-corrected chi connectivity index (χ3v) is 7.86.